The number of rotatable bonds is 1. The summed E-state index contributed by atoms with van der Waals surface area (Å²) in [6.07, 6.45) is 2.64. The van der Waals surface area contributed by atoms with Crippen LogP contribution < -0.4 is 0 Å². The third kappa shape index (κ3) is 38.6. The predicted molar refractivity (Wildman–Crippen MR) is 46.7 cm³/mol. The molecule has 0 fully saturated rings. The van der Waals surface area contributed by atoms with E-state index in [0.717, 1.165) is 0 Å². The average molecular weight is 273 g/mol. The second-order valence-electron chi connectivity index (χ2n) is 1.57. The van der Waals surface area contributed by atoms with Crippen LogP contribution in [0.25, 0.3) is 0 Å². The van der Waals surface area contributed by atoms with E-state index in [9.17, 15) is 4.79 Å². The van der Waals surface area contributed by atoms with Gasteiger partial charge in [0.05, 0.1) is 0 Å². The topological polar surface area (TPSA) is 26.3 Å². The molecule has 62 valence electrons. The van der Waals surface area contributed by atoms with E-state index in [1.165, 1.54) is 19.8 Å². The van der Waals surface area contributed by atoms with Gasteiger partial charge in [-0.25, -0.2) is 0 Å². The van der Waals surface area contributed by atoms with Crippen molar-refractivity contribution in [3.05, 3.63) is 0 Å². The molecule has 0 aromatic rings. The van der Waals surface area contributed by atoms with E-state index in [-0.39, 0.29) is 23.9 Å². The van der Waals surface area contributed by atoms with E-state index >= 15 is 0 Å². The molecule has 0 aliphatic heterocycles. The molecule has 4 heteroatoms. The first-order valence-electron chi connectivity index (χ1n) is 2.98. The molecule has 0 aromatic heterocycles. The second-order valence-corrected chi connectivity index (χ2v) is 1.72. The van der Waals surface area contributed by atoms with Gasteiger partial charge in [0.15, 0.2) is 0 Å². The van der Waals surface area contributed by atoms with E-state index in [4.69, 9.17) is 0 Å². The molecule has 2 radical (unpaired) electrons. The summed E-state index contributed by atoms with van der Waals surface area (Å²) in [6, 6.07) is 0. The molecule has 0 aliphatic carbocycles. The summed E-state index contributed by atoms with van der Waals surface area (Å²) in [7, 11) is 0. The molecular formula is C6H15ClO2Sn. The van der Waals surface area contributed by atoms with Crippen LogP contribution in [0.5, 0.6) is 0 Å². The zero-order valence-corrected chi connectivity index (χ0v) is 11.6. The summed E-state index contributed by atoms with van der Waals surface area (Å²) in [6.45, 7) is 5.59. The van der Waals surface area contributed by atoms with Crippen molar-refractivity contribution in [1.82, 2.24) is 0 Å². The van der Waals surface area contributed by atoms with Gasteiger partial charge < -0.3 is 4.29 Å². The van der Waals surface area contributed by atoms with Crippen molar-refractivity contribution in [2.75, 3.05) is 0 Å². The average Bonchev–Trinajstić information content (AvgIpc) is 1.89. The fourth-order valence-corrected chi connectivity index (χ4v) is 0. The van der Waals surface area contributed by atoms with Gasteiger partial charge in [-0.1, -0.05) is 26.7 Å². The molecule has 0 amide bonds. The van der Waals surface area contributed by atoms with Gasteiger partial charge in [-0.15, -0.1) is 0 Å². The van der Waals surface area contributed by atoms with Gasteiger partial charge in [0.1, 0.15) is 11.9 Å². The van der Waals surface area contributed by atoms with E-state index < -0.39 is 5.97 Å². The van der Waals surface area contributed by atoms with Crippen LogP contribution in [-0.4, -0.2) is 29.9 Å². The third-order valence-electron chi connectivity index (χ3n) is 0.609. The van der Waals surface area contributed by atoms with Gasteiger partial charge in [0.2, 0.25) is 0 Å². The molecule has 0 atom stereocenters. The summed E-state index contributed by atoms with van der Waals surface area (Å²) < 4.78 is 3.58. The molecule has 0 unspecified atom stereocenters. The van der Waals surface area contributed by atoms with Gasteiger partial charge in [0, 0.05) is 6.92 Å². The van der Waals surface area contributed by atoms with Crippen LogP contribution in [0.15, 0.2) is 0 Å². The molecule has 0 spiro atoms. The van der Waals surface area contributed by atoms with Crippen molar-refractivity contribution in [2.24, 2.45) is 0 Å². The summed E-state index contributed by atoms with van der Waals surface area (Å²) in [5.41, 5.74) is 0. The molecule has 0 aromatic carbocycles. The number of halogens is 1. The molecule has 0 saturated heterocycles. The van der Waals surface area contributed by atoms with Crippen molar-refractivity contribution in [3.63, 3.8) is 0 Å². The quantitative estimate of drug-likeness (QED) is 0.678. The number of unbranched alkanes of at least 4 members (excludes halogenated alkanes) is 1. The van der Waals surface area contributed by atoms with Crippen molar-refractivity contribution in [3.8, 4) is 0 Å². The van der Waals surface area contributed by atoms with Crippen molar-refractivity contribution < 1.29 is 9.08 Å². The van der Waals surface area contributed by atoms with Crippen LogP contribution in [-0.2, 0) is 9.08 Å². The SMILES string of the molecule is CC(=O)OCl.CCCC.[SnH2]. The Morgan fingerprint density at radius 1 is 1.40 bits per heavy atom. The number of hydrogen-bond acceptors (Lipinski definition) is 2. The maximum atomic E-state index is 9.46. The summed E-state index contributed by atoms with van der Waals surface area (Å²) in [5, 5.41) is 0. The van der Waals surface area contributed by atoms with E-state index in [0.29, 0.717) is 0 Å². The van der Waals surface area contributed by atoms with Crippen molar-refractivity contribution in [1.29, 1.82) is 0 Å². The Labute approximate surface area is 84.4 Å². The third-order valence-corrected chi connectivity index (χ3v) is 0.826. The molecule has 2 nitrogen and oxygen atoms in total. The first-order chi connectivity index (χ1) is 4.18. The van der Waals surface area contributed by atoms with E-state index in [2.05, 4.69) is 30.0 Å². The van der Waals surface area contributed by atoms with E-state index in [1.807, 2.05) is 0 Å². The Morgan fingerprint density at radius 3 is 1.60 bits per heavy atom. The first-order valence-corrected chi connectivity index (χ1v) is 3.29. The molecule has 0 heterocycles. The minimum absolute atomic E-state index is 0. The Hall–Kier alpha value is 0.559. The monoisotopic (exact) mass is 274 g/mol. The van der Waals surface area contributed by atoms with Crippen LogP contribution >= 0.6 is 11.9 Å². The number of hydrogen-bond donors (Lipinski definition) is 0. The van der Waals surface area contributed by atoms with Gasteiger partial charge in [-0.2, -0.15) is 0 Å². The Balaban J connectivity index is -0.0000000910. The Morgan fingerprint density at radius 2 is 1.60 bits per heavy atom. The fourth-order valence-electron chi connectivity index (χ4n) is 0. The predicted octanol–water partition coefficient (Wildman–Crippen LogP) is 1.59. The maximum absolute atomic E-state index is 9.46. The van der Waals surface area contributed by atoms with Crippen molar-refractivity contribution >= 4 is 41.7 Å². The van der Waals surface area contributed by atoms with Crippen molar-refractivity contribution in [2.45, 2.75) is 33.6 Å². The second kappa shape index (κ2) is 16.3. The first kappa shape index (κ1) is 16.9. The standard InChI is InChI=1S/C4H10.C2H3ClO2.Sn.2H/c1-3-4-2;1-2(4)5-3;;;/h3-4H2,1-2H3;1H3;;;. The Bertz CT molecular complexity index is 66.8. The molecular weight excluding hydrogens is 258 g/mol. The van der Waals surface area contributed by atoms with Gasteiger partial charge >= 0.3 is 29.9 Å². The van der Waals surface area contributed by atoms with Gasteiger partial charge in [0.25, 0.3) is 0 Å². The number of carbonyl (C=O) groups excluding carboxylic acids is 1. The Kier molecular flexibility index (Phi) is 27.5. The molecule has 0 N–H and O–H groups in total. The summed E-state index contributed by atoms with van der Waals surface area (Å²) in [5.74, 6) is -0.480. The zero-order chi connectivity index (χ0) is 7.70. The van der Waals surface area contributed by atoms with Crippen LogP contribution in [0.3, 0.4) is 0 Å². The zero-order valence-electron chi connectivity index (χ0n) is 6.82. The minimum atomic E-state index is -0.480. The van der Waals surface area contributed by atoms with Crippen LogP contribution in [0.2, 0.25) is 0 Å². The molecule has 0 aliphatic rings. The van der Waals surface area contributed by atoms with Gasteiger partial charge in [-0.3, -0.25) is 4.79 Å². The molecule has 0 saturated carbocycles. The summed E-state index contributed by atoms with van der Waals surface area (Å²) >= 11 is 4.49. The van der Waals surface area contributed by atoms with Crippen LogP contribution in [0.4, 0.5) is 0 Å². The van der Waals surface area contributed by atoms with E-state index in [1.54, 1.807) is 0 Å². The number of carbonyl (C=O) groups is 1. The summed E-state index contributed by atoms with van der Waals surface area (Å²) in [4.78, 5) is 9.46. The van der Waals surface area contributed by atoms with Crippen LogP contribution in [0.1, 0.15) is 33.6 Å². The molecule has 0 bridgehead atoms. The van der Waals surface area contributed by atoms with Crippen LogP contribution in [0, 0.1) is 0 Å². The van der Waals surface area contributed by atoms with Gasteiger partial charge in [-0.05, 0) is 0 Å². The molecule has 0 rings (SSSR count). The fraction of sp³-hybridized carbons (Fsp3) is 0.833. The molecule has 10 heavy (non-hydrogen) atoms. The normalized spacial score (nSPS) is 6.40.